The van der Waals surface area contributed by atoms with Gasteiger partial charge in [0, 0.05) is 33.6 Å². The van der Waals surface area contributed by atoms with Crippen molar-refractivity contribution < 1.29 is 0 Å². The van der Waals surface area contributed by atoms with Gasteiger partial charge in [0.05, 0.1) is 0 Å². The zero-order valence-corrected chi connectivity index (χ0v) is 29.3. The summed E-state index contributed by atoms with van der Waals surface area (Å²) in [4.78, 5) is 24.8. The summed E-state index contributed by atoms with van der Waals surface area (Å²) in [5, 5.41) is 0. The first kappa shape index (κ1) is 31.6. The van der Waals surface area contributed by atoms with Crippen LogP contribution in [-0.4, -0.2) is 24.9 Å². The summed E-state index contributed by atoms with van der Waals surface area (Å²) in [5.41, 5.74) is 15.9. The topological polar surface area (TPSA) is 64.5 Å². The summed E-state index contributed by atoms with van der Waals surface area (Å²) in [5.74, 6) is 2.65. The van der Waals surface area contributed by atoms with Gasteiger partial charge in [-0.1, -0.05) is 103 Å². The second-order valence-electron chi connectivity index (χ2n) is 13.7. The van der Waals surface area contributed by atoms with Crippen LogP contribution in [-0.2, 0) is 12.8 Å². The molecule has 0 spiro atoms. The van der Waals surface area contributed by atoms with Crippen LogP contribution in [0.2, 0.25) is 0 Å². The molecule has 7 aromatic rings. The molecule has 0 radical (unpaired) electrons. The van der Waals surface area contributed by atoms with Gasteiger partial charge in [0.1, 0.15) is 0 Å². The summed E-state index contributed by atoms with van der Waals surface area (Å²) < 4.78 is 0. The molecule has 0 fully saturated rings. The van der Waals surface area contributed by atoms with Gasteiger partial charge in [-0.15, -0.1) is 0 Å². The summed E-state index contributed by atoms with van der Waals surface area (Å²) in [6.45, 7) is 4.03. The van der Waals surface area contributed by atoms with Crippen LogP contribution >= 0.6 is 0 Å². The smallest absolute Gasteiger partial charge is 0.164 e. The van der Waals surface area contributed by atoms with Gasteiger partial charge in [0.25, 0.3) is 0 Å². The Morgan fingerprint density at radius 1 is 0.404 bits per heavy atom. The summed E-state index contributed by atoms with van der Waals surface area (Å²) in [6.07, 6.45) is 13.6. The van der Waals surface area contributed by atoms with Crippen LogP contribution in [0.5, 0.6) is 0 Å². The number of fused-ring (bicyclic) bond motifs is 3. The first-order valence-corrected chi connectivity index (χ1v) is 18.0. The number of nitrogens with zero attached hydrogens (tertiary/aromatic N) is 5. The maximum absolute atomic E-state index is 5.14. The van der Waals surface area contributed by atoms with Crippen LogP contribution in [0.15, 0.2) is 127 Å². The van der Waals surface area contributed by atoms with Crippen LogP contribution in [0.25, 0.3) is 80.0 Å². The summed E-state index contributed by atoms with van der Waals surface area (Å²) in [6, 6.07) is 40.0. The van der Waals surface area contributed by atoms with Gasteiger partial charge in [-0.05, 0) is 120 Å². The van der Waals surface area contributed by atoms with E-state index in [4.69, 9.17) is 24.9 Å². The third-order valence-corrected chi connectivity index (χ3v) is 9.97. The molecular weight excluding hydrogens is 635 g/mol. The Balaban J connectivity index is 1.29. The molecule has 2 heterocycles. The van der Waals surface area contributed by atoms with E-state index in [-0.39, 0.29) is 0 Å². The number of rotatable bonds is 6. The average molecular weight is 672 g/mol. The third kappa shape index (κ3) is 6.15. The van der Waals surface area contributed by atoms with E-state index in [1.54, 1.807) is 0 Å². The van der Waals surface area contributed by atoms with E-state index in [0.717, 1.165) is 81.8 Å². The first-order valence-electron chi connectivity index (χ1n) is 18.0. The van der Waals surface area contributed by atoms with Crippen molar-refractivity contribution in [3.63, 3.8) is 0 Å². The summed E-state index contributed by atoms with van der Waals surface area (Å²) in [7, 11) is 0. The maximum Gasteiger partial charge on any atom is 0.164 e. The van der Waals surface area contributed by atoms with Crippen LogP contribution < -0.4 is 0 Å². The number of allylic oxidation sites excluding steroid dienone is 2. The Labute approximate surface area is 304 Å². The number of aryl methyl sites for hydroxylation is 2. The van der Waals surface area contributed by atoms with Crippen molar-refractivity contribution in [2.24, 2.45) is 0 Å². The fourth-order valence-electron chi connectivity index (χ4n) is 7.55. The van der Waals surface area contributed by atoms with Crippen molar-refractivity contribution in [1.29, 1.82) is 0 Å². The van der Waals surface area contributed by atoms with E-state index in [0.29, 0.717) is 17.5 Å². The number of benzene rings is 5. The zero-order valence-electron chi connectivity index (χ0n) is 29.3. The molecule has 52 heavy (non-hydrogen) atoms. The Kier molecular flexibility index (Phi) is 8.17. The lowest BCUT2D eigenvalue weighted by molar-refractivity contribution is 0.906. The van der Waals surface area contributed by atoms with Crippen molar-refractivity contribution in [2.75, 3.05) is 0 Å². The number of hydrogen-bond donors (Lipinski definition) is 0. The molecule has 2 aromatic heterocycles. The minimum Gasteiger partial charge on any atom is -0.233 e. The predicted octanol–water partition coefficient (Wildman–Crippen LogP) is 11.2. The van der Waals surface area contributed by atoms with Gasteiger partial charge >= 0.3 is 0 Å². The highest BCUT2D eigenvalue weighted by Gasteiger charge is 2.21. The van der Waals surface area contributed by atoms with Crippen molar-refractivity contribution in [3.05, 3.63) is 161 Å². The molecule has 5 aromatic carbocycles. The molecule has 0 unspecified atom stereocenters. The molecule has 2 aliphatic carbocycles. The van der Waals surface area contributed by atoms with Gasteiger partial charge in [-0.25, -0.2) is 24.9 Å². The van der Waals surface area contributed by atoms with Gasteiger partial charge < -0.3 is 0 Å². The van der Waals surface area contributed by atoms with Crippen molar-refractivity contribution in [3.8, 4) is 67.8 Å². The minimum absolute atomic E-state index is 0.631. The van der Waals surface area contributed by atoms with Gasteiger partial charge in [0.2, 0.25) is 0 Å². The largest absolute Gasteiger partial charge is 0.233 e. The Hall–Kier alpha value is -6.33. The van der Waals surface area contributed by atoms with Gasteiger partial charge in [-0.3, -0.25) is 0 Å². The Morgan fingerprint density at radius 3 is 1.62 bits per heavy atom. The average Bonchev–Trinajstić information content (AvgIpc) is 3.20. The molecule has 0 saturated heterocycles. The van der Waals surface area contributed by atoms with Crippen molar-refractivity contribution in [2.45, 2.75) is 39.5 Å². The molecule has 0 amide bonds. The van der Waals surface area contributed by atoms with E-state index in [9.17, 15) is 0 Å². The van der Waals surface area contributed by atoms with E-state index in [2.05, 4.69) is 97.1 Å². The molecule has 0 bridgehead atoms. The fourth-order valence-corrected chi connectivity index (χ4v) is 7.55. The third-order valence-electron chi connectivity index (χ3n) is 9.97. The number of aromatic nitrogens is 5. The van der Waals surface area contributed by atoms with E-state index in [1.165, 1.54) is 27.8 Å². The van der Waals surface area contributed by atoms with E-state index >= 15 is 0 Å². The Morgan fingerprint density at radius 2 is 0.923 bits per heavy atom. The molecular formula is C47H37N5. The maximum atomic E-state index is 5.14. The lowest BCUT2D eigenvalue weighted by Crippen LogP contribution is -2.07. The fraction of sp³-hybridized carbons (Fsp3) is 0.128. The van der Waals surface area contributed by atoms with Gasteiger partial charge in [-0.2, -0.15) is 0 Å². The monoisotopic (exact) mass is 671 g/mol. The highest BCUT2D eigenvalue weighted by molar-refractivity contribution is 5.88. The van der Waals surface area contributed by atoms with Crippen LogP contribution in [0.1, 0.15) is 46.5 Å². The lowest BCUT2D eigenvalue weighted by Gasteiger charge is -2.24. The number of hydrogen-bond acceptors (Lipinski definition) is 5. The predicted molar refractivity (Wildman–Crippen MR) is 212 cm³/mol. The summed E-state index contributed by atoms with van der Waals surface area (Å²) >= 11 is 0. The molecule has 250 valence electrons. The molecule has 0 atom stereocenters. The van der Waals surface area contributed by atoms with E-state index in [1.807, 2.05) is 56.3 Å². The second kappa shape index (κ2) is 13.4. The highest BCUT2D eigenvalue weighted by atomic mass is 15.0. The lowest BCUT2D eigenvalue weighted by atomic mass is 9.80. The van der Waals surface area contributed by atoms with Crippen LogP contribution in [0, 0.1) is 13.8 Å². The first-order chi connectivity index (χ1) is 25.6. The van der Waals surface area contributed by atoms with Crippen LogP contribution in [0.3, 0.4) is 0 Å². The molecule has 0 saturated carbocycles. The molecule has 0 aliphatic heterocycles. The second-order valence-corrected chi connectivity index (χ2v) is 13.7. The minimum atomic E-state index is 0.631. The van der Waals surface area contributed by atoms with E-state index < -0.39 is 0 Å². The normalized spacial score (nSPS) is 13.1. The molecule has 0 N–H and O–H groups in total. The standard InChI is InChI=1S/C47H37N5/c1-30-24-31(2)49-46(48-30)36-20-13-19-34(25-36)37-26-38(43-29-35-18-9-10-21-40(35)41-22-11-12-23-42(41)43)28-39(27-37)47-51-44(32-14-5-3-6-15-32)50-45(52-47)33-16-7-4-8-17-33/h3-9,12-20,23-29H,10-11,21-22H2,1-2H3. The molecule has 5 nitrogen and oxygen atoms in total. The van der Waals surface area contributed by atoms with Crippen molar-refractivity contribution >= 4 is 12.2 Å². The van der Waals surface area contributed by atoms with Crippen LogP contribution in [0.4, 0.5) is 0 Å². The Bertz CT molecular complexity index is 2460. The van der Waals surface area contributed by atoms with Gasteiger partial charge in [0.15, 0.2) is 23.3 Å². The zero-order chi connectivity index (χ0) is 35.0. The molecule has 2 aliphatic rings. The SMILES string of the molecule is Cc1cc(C)nc(-c2cccc(-c3cc(-c4nc(-c5ccccc5)nc(-c5ccccc5)n4)cc(-c4cc5c(c6c4C=CCC6)CCC=C5)c3)c2)n1. The molecule has 5 heteroatoms. The molecule has 9 rings (SSSR count). The quantitative estimate of drug-likeness (QED) is 0.176. The van der Waals surface area contributed by atoms with Crippen molar-refractivity contribution in [1.82, 2.24) is 24.9 Å². The highest BCUT2D eigenvalue weighted by Crippen LogP contribution is 2.41.